The van der Waals surface area contributed by atoms with Gasteiger partial charge in [-0.25, -0.2) is 9.59 Å². The van der Waals surface area contributed by atoms with Gasteiger partial charge < -0.3 is 15.2 Å². The summed E-state index contributed by atoms with van der Waals surface area (Å²) in [5, 5.41) is 0. The van der Waals surface area contributed by atoms with Crippen LogP contribution in [0.25, 0.3) is 17.5 Å². The van der Waals surface area contributed by atoms with Gasteiger partial charge in [0, 0.05) is 8.95 Å². The van der Waals surface area contributed by atoms with E-state index in [0.29, 0.717) is 14.8 Å². The monoisotopic (exact) mass is 618 g/mol. The molecule has 0 bridgehead atoms. The molecule has 1 aromatic heterocycles. The minimum absolute atomic E-state index is 0.0113. The zero-order chi connectivity index (χ0) is 25.3. The van der Waals surface area contributed by atoms with Crippen LogP contribution in [0.1, 0.15) is 24.0 Å². The maximum absolute atomic E-state index is 13.5. The number of halogens is 2. The standard InChI is InChI=1S/C25H20Br2N2O5S/c1-3-34-25(32)19-18(14-6-10-16(27)11-7-14)20(24(31)33-2)23-29(21(19)28)22(30)17(35-23)12-13-4-8-15(26)9-5-13/h4-12,18H,3,28H2,1-2H3/t18-/m1/s1. The SMILES string of the molecule is CCOC(=O)C1=C(N)n2c(sc(=Cc3ccc(Br)cc3)c2=O)=C(C(=O)OC)[C@@H]1c1ccc(Br)cc1. The van der Waals surface area contributed by atoms with Crippen molar-refractivity contribution in [1.29, 1.82) is 0 Å². The Morgan fingerprint density at radius 1 is 1.03 bits per heavy atom. The van der Waals surface area contributed by atoms with E-state index >= 15 is 0 Å². The van der Waals surface area contributed by atoms with E-state index < -0.39 is 23.4 Å². The molecule has 1 atom stereocenters. The molecule has 7 nitrogen and oxygen atoms in total. The van der Waals surface area contributed by atoms with Crippen LogP contribution >= 0.6 is 43.2 Å². The number of carbonyl (C=O) groups excluding carboxylic acids is 2. The number of ether oxygens (including phenoxy) is 2. The molecule has 0 saturated carbocycles. The van der Waals surface area contributed by atoms with Crippen molar-refractivity contribution in [3.8, 4) is 0 Å². The van der Waals surface area contributed by atoms with Crippen molar-refractivity contribution in [2.45, 2.75) is 12.8 Å². The third-order valence-electron chi connectivity index (χ3n) is 5.42. The summed E-state index contributed by atoms with van der Waals surface area (Å²) in [4.78, 5) is 39.7. The van der Waals surface area contributed by atoms with Gasteiger partial charge in [0.05, 0.1) is 35.3 Å². The summed E-state index contributed by atoms with van der Waals surface area (Å²) in [6.07, 6.45) is 1.71. The molecule has 0 spiro atoms. The summed E-state index contributed by atoms with van der Waals surface area (Å²) < 4.78 is 14.0. The number of thiazole rings is 1. The van der Waals surface area contributed by atoms with Gasteiger partial charge in [-0.05, 0) is 48.4 Å². The highest BCUT2D eigenvalue weighted by molar-refractivity contribution is 9.10. The summed E-state index contributed by atoms with van der Waals surface area (Å²) in [6.45, 7) is 1.77. The summed E-state index contributed by atoms with van der Waals surface area (Å²) in [6, 6.07) is 14.6. The van der Waals surface area contributed by atoms with E-state index in [1.807, 2.05) is 24.3 Å². The lowest BCUT2D eigenvalue weighted by molar-refractivity contribution is -0.138. The molecule has 0 radical (unpaired) electrons. The van der Waals surface area contributed by atoms with Gasteiger partial charge in [0.1, 0.15) is 10.5 Å². The number of nitrogens with zero attached hydrogens (tertiary/aromatic N) is 1. The van der Waals surface area contributed by atoms with Crippen LogP contribution in [0.2, 0.25) is 0 Å². The van der Waals surface area contributed by atoms with E-state index in [9.17, 15) is 14.4 Å². The molecule has 0 aliphatic carbocycles. The molecule has 0 saturated heterocycles. The van der Waals surface area contributed by atoms with Crippen molar-refractivity contribution in [1.82, 2.24) is 4.57 Å². The number of methoxy groups -OCH3 is 1. The second kappa shape index (κ2) is 10.3. The second-order valence-corrected chi connectivity index (χ2v) is 10.4. The molecule has 0 amide bonds. The van der Waals surface area contributed by atoms with Crippen molar-refractivity contribution in [2.24, 2.45) is 5.73 Å². The smallest absolute Gasteiger partial charge is 0.338 e. The zero-order valence-electron chi connectivity index (χ0n) is 18.7. The normalized spacial score (nSPS) is 15.7. The summed E-state index contributed by atoms with van der Waals surface area (Å²) >= 11 is 7.92. The number of rotatable bonds is 5. The molecule has 3 aromatic rings. The molecule has 35 heavy (non-hydrogen) atoms. The molecule has 10 heteroatoms. The summed E-state index contributed by atoms with van der Waals surface area (Å²) in [7, 11) is 1.25. The lowest BCUT2D eigenvalue weighted by Gasteiger charge is -2.26. The van der Waals surface area contributed by atoms with Crippen molar-refractivity contribution in [2.75, 3.05) is 13.7 Å². The Kier molecular flexibility index (Phi) is 7.44. The number of esters is 2. The van der Waals surface area contributed by atoms with Crippen LogP contribution in [0.4, 0.5) is 0 Å². The van der Waals surface area contributed by atoms with Crippen LogP contribution < -0.4 is 20.5 Å². The van der Waals surface area contributed by atoms with Gasteiger partial charge in [-0.2, -0.15) is 0 Å². The molecule has 4 rings (SSSR count). The first-order chi connectivity index (χ1) is 16.8. The molecule has 0 unspecified atom stereocenters. The fourth-order valence-electron chi connectivity index (χ4n) is 3.86. The highest BCUT2D eigenvalue weighted by atomic mass is 79.9. The highest BCUT2D eigenvalue weighted by Gasteiger charge is 2.39. The minimum atomic E-state index is -0.881. The van der Waals surface area contributed by atoms with E-state index in [-0.39, 0.29) is 23.6 Å². The number of hydrogen-bond acceptors (Lipinski definition) is 7. The molecular weight excluding hydrogens is 600 g/mol. The number of nitrogens with two attached hydrogens (primary N) is 1. The van der Waals surface area contributed by atoms with Gasteiger partial charge >= 0.3 is 11.9 Å². The second-order valence-electron chi connectivity index (χ2n) is 7.52. The van der Waals surface area contributed by atoms with Crippen LogP contribution in [0, 0.1) is 0 Å². The van der Waals surface area contributed by atoms with Gasteiger partial charge in [0.25, 0.3) is 5.56 Å². The maximum atomic E-state index is 13.5. The molecule has 1 aliphatic heterocycles. The van der Waals surface area contributed by atoms with Gasteiger partial charge in [-0.3, -0.25) is 9.36 Å². The van der Waals surface area contributed by atoms with E-state index in [4.69, 9.17) is 15.2 Å². The van der Waals surface area contributed by atoms with Crippen molar-refractivity contribution >= 4 is 72.6 Å². The van der Waals surface area contributed by atoms with Gasteiger partial charge in [0.15, 0.2) is 0 Å². The fourth-order valence-corrected chi connectivity index (χ4v) is 5.56. The molecule has 180 valence electrons. The molecule has 2 aromatic carbocycles. The van der Waals surface area contributed by atoms with Crippen LogP contribution in [-0.4, -0.2) is 30.2 Å². The van der Waals surface area contributed by atoms with Crippen LogP contribution in [-0.2, 0) is 19.1 Å². The number of carbonyl (C=O) groups is 2. The van der Waals surface area contributed by atoms with Gasteiger partial charge in [-0.15, -0.1) is 11.3 Å². The van der Waals surface area contributed by atoms with Crippen molar-refractivity contribution < 1.29 is 19.1 Å². The Hall–Kier alpha value is -2.95. The largest absolute Gasteiger partial charge is 0.466 e. The lowest BCUT2D eigenvalue weighted by Crippen LogP contribution is -2.41. The quantitative estimate of drug-likeness (QED) is 0.441. The van der Waals surface area contributed by atoms with Crippen molar-refractivity contribution in [3.63, 3.8) is 0 Å². The zero-order valence-corrected chi connectivity index (χ0v) is 22.7. The van der Waals surface area contributed by atoms with Crippen LogP contribution in [0.15, 0.2) is 67.8 Å². The van der Waals surface area contributed by atoms with Gasteiger partial charge in [-0.1, -0.05) is 56.1 Å². The third kappa shape index (κ3) is 4.78. The predicted molar refractivity (Wildman–Crippen MR) is 142 cm³/mol. The Morgan fingerprint density at radius 3 is 2.20 bits per heavy atom. The molecule has 2 N–H and O–H groups in total. The van der Waals surface area contributed by atoms with E-state index in [1.165, 1.54) is 11.7 Å². The number of fused-ring (bicyclic) bond motifs is 1. The molecule has 1 aliphatic rings. The van der Waals surface area contributed by atoms with Crippen LogP contribution in [0.3, 0.4) is 0 Å². The minimum Gasteiger partial charge on any atom is -0.466 e. The van der Waals surface area contributed by atoms with Crippen molar-refractivity contribution in [3.05, 3.63) is 93.7 Å². The Labute approximate surface area is 221 Å². The Morgan fingerprint density at radius 2 is 1.63 bits per heavy atom. The Balaban J connectivity index is 2.10. The highest BCUT2D eigenvalue weighted by Crippen LogP contribution is 2.38. The summed E-state index contributed by atoms with van der Waals surface area (Å²) in [5.41, 5.74) is 7.60. The average molecular weight is 620 g/mol. The first-order valence-corrected chi connectivity index (χ1v) is 12.9. The first-order valence-electron chi connectivity index (χ1n) is 10.5. The third-order valence-corrected chi connectivity index (χ3v) is 7.59. The fraction of sp³-hybridized carbons (Fsp3) is 0.160. The number of aromatic nitrogens is 1. The Bertz CT molecular complexity index is 1520. The molecule has 2 heterocycles. The molecular formula is C25H20Br2N2O5S. The van der Waals surface area contributed by atoms with E-state index in [2.05, 4.69) is 31.9 Å². The average Bonchev–Trinajstić information content (AvgIpc) is 3.16. The maximum Gasteiger partial charge on any atom is 0.338 e. The number of hydrogen-bond donors (Lipinski definition) is 1. The number of benzene rings is 2. The summed E-state index contributed by atoms with van der Waals surface area (Å²) in [5.74, 6) is -2.33. The predicted octanol–water partition coefficient (Wildman–Crippen LogP) is 3.08. The first kappa shape index (κ1) is 25.2. The van der Waals surface area contributed by atoms with E-state index in [1.54, 1.807) is 37.3 Å². The van der Waals surface area contributed by atoms with E-state index in [0.717, 1.165) is 25.8 Å². The van der Waals surface area contributed by atoms with Gasteiger partial charge in [0.2, 0.25) is 0 Å². The lowest BCUT2D eigenvalue weighted by atomic mass is 9.83. The molecule has 0 fully saturated rings. The van der Waals surface area contributed by atoms with Crippen LogP contribution in [0.5, 0.6) is 0 Å². The topological polar surface area (TPSA) is 101 Å².